The van der Waals surface area contributed by atoms with Crippen molar-refractivity contribution in [3.05, 3.63) is 0 Å². The van der Waals surface area contributed by atoms with E-state index in [9.17, 15) is 0 Å². The lowest BCUT2D eigenvalue weighted by Crippen LogP contribution is -2.45. The summed E-state index contributed by atoms with van der Waals surface area (Å²) in [6, 6.07) is 5.10. The van der Waals surface area contributed by atoms with Crippen LogP contribution in [0.3, 0.4) is 0 Å². The first-order valence-corrected chi connectivity index (χ1v) is 21.6. The topological polar surface area (TPSA) is 18.5 Å². The van der Waals surface area contributed by atoms with Gasteiger partial charge in [0.25, 0.3) is 0 Å². The molecule has 0 aromatic carbocycles. The Labute approximate surface area is 144 Å². The second-order valence-corrected chi connectivity index (χ2v) is 27.1. The molecule has 2 nitrogen and oxygen atoms in total. The second-order valence-electron chi connectivity index (χ2n) is 9.20. The summed E-state index contributed by atoms with van der Waals surface area (Å²) in [5, 5.41) is 0. The summed E-state index contributed by atoms with van der Waals surface area (Å²) in [5.74, 6) is 0. The molecule has 0 saturated carbocycles. The third-order valence-electron chi connectivity index (χ3n) is 4.37. The van der Waals surface area contributed by atoms with Crippen LogP contribution in [0.1, 0.15) is 26.7 Å². The standard InChI is InChI=1S/C16H42O2Si4/c1-11-14-20(5,6)18-22(9,10)16-13-15-21(7,8)17-19(3,4)12-2/h11-16H2,1-10H3. The molecule has 0 N–H and O–H groups in total. The summed E-state index contributed by atoms with van der Waals surface area (Å²) in [4.78, 5) is 0. The fraction of sp³-hybridized carbons (Fsp3) is 1.00. The van der Waals surface area contributed by atoms with Gasteiger partial charge >= 0.3 is 0 Å². The number of rotatable bonds is 11. The number of hydrogen-bond donors (Lipinski definition) is 0. The normalized spacial score (nSPS) is 14.5. The summed E-state index contributed by atoms with van der Waals surface area (Å²) < 4.78 is 13.3. The first kappa shape index (κ1) is 22.8. The Balaban J connectivity index is 4.37. The third kappa shape index (κ3) is 10.5. The van der Waals surface area contributed by atoms with Crippen molar-refractivity contribution in [1.29, 1.82) is 0 Å². The van der Waals surface area contributed by atoms with Gasteiger partial charge in [0.05, 0.1) is 0 Å². The Morgan fingerprint density at radius 3 is 1.27 bits per heavy atom. The van der Waals surface area contributed by atoms with Crippen molar-refractivity contribution >= 4 is 33.3 Å². The van der Waals surface area contributed by atoms with Crippen LogP contribution in [0.4, 0.5) is 0 Å². The minimum Gasteiger partial charge on any atom is -0.456 e. The van der Waals surface area contributed by atoms with Crippen molar-refractivity contribution in [1.82, 2.24) is 0 Å². The van der Waals surface area contributed by atoms with E-state index in [0.717, 1.165) is 0 Å². The van der Waals surface area contributed by atoms with Gasteiger partial charge in [-0.25, -0.2) is 0 Å². The molecule has 0 aliphatic heterocycles. The van der Waals surface area contributed by atoms with E-state index in [2.05, 4.69) is 66.2 Å². The van der Waals surface area contributed by atoms with Crippen molar-refractivity contribution < 1.29 is 8.23 Å². The molecule has 0 spiro atoms. The highest BCUT2D eigenvalue weighted by Gasteiger charge is 2.34. The predicted octanol–water partition coefficient (Wildman–Crippen LogP) is 6.66. The molecule has 22 heavy (non-hydrogen) atoms. The molecule has 0 aliphatic carbocycles. The van der Waals surface area contributed by atoms with Gasteiger partial charge in [-0.2, -0.15) is 0 Å². The summed E-state index contributed by atoms with van der Waals surface area (Å²) in [6.07, 6.45) is 2.55. The molecule has 0 rings (SSSR count). The Kier molecular flexibility index (Phi) is 9.07. The zero-order valence-corrected chi connectivity index (χ0v) is 21.1. The quantitative estimate of drug-likeness (QED) is 0.374. The highest BCUT2D eigenvalue weighted by atomic mass is 28.4. The molecule has 6 heteroatoms. The van der Waals surface area contributed by atoms with E-state index in [1.807, 2.05) is 0 Å². The molecular weight excluding hydrogens is 337 g/mol. The average molecular weight is 379 g/mol. The molecule has 0 heterocycles. The van der Waals surface area contributed by atoms with E-state index in [0.29, 0.717) is 0 Å². The molecule has 0 saturated heterocycles. The maximum absolute atomic E-state index is 6.66. The van der Waals surface area contributed by atoms with Crippen LogP contribution in [-0.2, 0) is 8.23 Å². The summed E-state index contributed by atoms with van der Waals surface area (Å²) >= 11 is 0. The monoisotopic (exact) mass is 378 g/mol. The molecule has 0 atom stereocenters. The minimum atomic E-state index is -1.50. The molecule has 0 aromatic rings. The average Bonchev–Trinajstić information content (AvgIpc) is 2.24. The summed E-state index contributed by atoms with van der Waals surface area (Å²) in [5.41, 5.74) is 0. The van der Waals surface area contributed by atoms with Crippen LogP contribution in [0.2, 0.25) is 76.6 Å². The van der Waals surface area contributed by atoms with E-state index < -0.39 is 33.3 Å². The molecule has 0 unspecified atom stereocenters. The van der Waals surface area contributed by atoms with Crippen molar-refractivity contribution in [2.45, 2.75) is 103 Å². The first-order chi connectivity index (χ1) is 9.74. The van der Waals surface area contributed by atoms with Gasteiger partial charge in [0.1, 0.15) is 0 Å². The molecule has 0 radical (unpaired) electrons. The SMILES string of the molecule is CCC[Si](C)(C)O[Si](C)(C)CCC[Si](C)(C)O[Si](C)(C)CC. The van der Waals surface area contributed by atoms with Crippen LogP contribution in [0, 0.1) is 0 Å². The maximum atomic E-state index is 6.66. The van der Waals surface area contributed by atoms with Crippen LogP contribution < -0.4 is 0 Å². The maximum Gasteiger partial charge on any atom is 0.173 e. The lowest BCUT2D eigenvalue weighted by Gasteiger charge is -2.36. The van der Waals surface area contributed by atoms with Gasteiger partial charge in [-0.3, -0.25) is 0 Å². The Hall–Kier alpha value is 0.788. The lowest BCUT2D eigenvalue weighted by molar-refractivity contribution is 0.525. The van der Waals surface area contributed by atoms with Crippen LogP contribution in [-0.4, -0.2) is 33.3 Å². The van der Waals surface area contributed by atoms with Crippen molar-refractivity contribution in [3.8, 4) is 0 Å². The molecule has 0 aromatic heterocycles. The van der Waals surface area contributed by atoms with E-state index in [1.54, 1.807) is 0 Å². The minimum absolute atomic E-state index is 1.23. The molecule has 134 valence electrons. The largest absolute Gasteiger partial charge is 0.456 e. The van der Waals surface area contributed by atoms with Gasteiger partial charge in [-0.15, -0.1) is 0 Å². The van der Waals surface area contributed by atoms with Crippen LogP contribution in [0.15, 0.2) is 0 Å². The van der Waals surface area contributed by atoms with Crippen LogP contribution >= 0.6 is 0 Å². The Morgan fingerprint density at radius 2 is 0.909 bits per heavy atom. The van der Waals surface area contributed by atoms with Crippen LogP contribution in [0.5, 0.6) is 0 Å². The number of hydrogen-bond acceptors (Lipinski definition) is 2. The molecule has 0 fully saturated rings. The summed E-state index contributed by atoms with van der Waals surface area (Å²) in [7, 11) is -5.84. The third-order valence-corrected chi connectivity index (χ3v) is 19.7. The van der Waals surface area contributed by atoms with E-state index >= 15 is 0 Å². The van der Waals surface area contributed by atoms with Gasteiger partial charge in [0.15, 0.2) is 33.3 Å². The fourth-order valence-corrected chi connectivity index (χ4v) is 20.6. The van der Waals surface area contributed by atoms with Gasteiger partial charge < -0.3 is 8.23 Å². The van der Waals surface area contributed by atoms with Crippen LogP contribution in [0.25, 0.3) is 0 Å². The lowest BCUT2D eigenvalue weighted by atomic mass is 10.6. The zero-order valence-electron chi connectivity index (χ0n) is 17.1. The molecule has 0 aliphatic rings. The Bertz CT molecular complexity index is 328. The van der Waals surface area contributed by atoms with Crippen molar-refractivity contribution in [3.63, 3.8) is 0 Å². The Morgan fingerprint density at radius 1 is 0.545 bits per heavy atom. The van der Waals surface area contributed by atoms with Gasteiger partial charge in [0, 0.05) is 0 Å². The highest BCUT2D eigenvalue weighted by molar-refractivity contribution is 6.86. The molecular formula is C16H42O2Si4. The molecule has 0 amide bonds. The molecule has 0 bridgehead atoms. The summed E-state index contributed by atoms with van der Waals surface area (Å²) in [6.45, 7) is 23.7. The van der Waals surface area contributed by atoms with Crippen molar-refractivity contribution in [2.24, 2.45) is 0 Å². The van der Waals surface area contributed by atoms with E-state index in [-0.39, 0.29) is 0 Å². The second kappa shape index (κ2) is 8.76. The van der Waals surface area contributed by atoms with Gasteiger partial charge in [0.2, 0.25) is 0 Å². The van der Waals surface area contributed by atoms with Gasteiger partial charge in [-0.1, -0.05) is 26.7 Å². The fourth-order valence-electron chi connectivity index (χ4n) is 3.26. The van der Waals surface area contributed by atoms with Crippen molar-refractivity contribution in [2.75, 3.05) is 0 Å². The van der Waals surface area contributed by atoms with E-state index in [1.165, 1.54) is 37.0 Å². The zero-order chi connectivity index (χ0) is 17.7. The first-order valence-electron chi connectivity index (χ1n) is 9.14. The smallest absolute Gasteiger partial charge is 0.173 e. The van der Waals surface area contributed by atoms with Gasteiger partial charge in [-0.05, 0) is 76.6 Å². The predicted molar refractivity (Wildman–Crippen MR) is 112 cm³/mol. The highest BCUT2D eigenvalue weighted by Crippen LogP contribution is 2.28. The van der Waals surface area contributed by atoms with E-state index in [4.69, 9.17) is 8.23 Å².